The molecule has 0 bridgehead atoms. The van der Waals surface area contributed by atoms with Crippen LogP contribution in [0.1, 0.15) is 36.8 Å². The predicted molar refractivity (Wildman–Crippen MR) is 262 cm³/mol. The Hall–Kier alpha value is -7.44. The molecule has 316 valence electrons. The van der Waals surface area contributed by atoms with Gasteiger partial charge in [-0.05, 0) is 104 Å². The van der Waals surface area contributed by atoms with Gasteiger partial charge < -0.3 is 28.8 Å². The standard InChI is InChI=1S/C58H50N2O4/c1-37-31-48(58(62)54(32-37)60-51-27-13-7-21-43(51)44-22-8-14-28-52(44)60)46-24-10-16-30-57(46)64-36-40-18-4-3-17-39(40)35-63-56-29-15-9-23-45(56)47-33-38(2)53(34-55(47)61)59-49-25-11-5-19-41(49)42-20-6-12-26-50(42)59/h5-16,19-34,39-40,61-62H,3-4,17-18,35-36H2,1-2H3. The molecule has 10 aromatic rings. The highest BCUT2D eigenvalue weighted by Gasteiger charge is 2.28. The molecule has 2 unspecified atom stereocenters. The zero-order valence-corrected chi connectivity index (χ0v) is 36.2. The summed E-state index contributed by atoms with van der Waals surface area (Å²) in [7, 11) is 0. The third-order valence-corrected chi connectivity index (χ3v) is 13.5. The number of nitrogens with zero attached hydrogens (tertiary/aromatic N) is 2. The van der Waals surface area contributed by atoms with E-state index in [0.29, 0.717) is 13.2 Å². The van der Waals surface area contributed by atoms with Gasteiger partial charge >= 0.3 is 0 Å². The number of benzene rings is 8. The number of phenolic OH excluding ortho intramolecular Hbond substituents is 2. The van der Waals surface area contributed by atoms with Crippen LogP contribution in [0.5, 0.6) is 23.0 Å². The Morgan fingerprint density at radius 2 is 0.875 bits per heavy atom. The molecule has 2 aromatic heterocycles. The molecule has 64 heavy (non-hydrogen) atoms. The van der Waals surface area contributed by atoms with E-state index in [9.17, 15) is 10.2 Å². The molecule has 1 aliphatic rings. The second-order valence-corrected chi connectivity index (χ2v) is 17.5. The Morgan fingerprint density at radius 1 is 0.453 bits per heavy atom. The molecule has 2 N–H and O–H groups in total. The van der Waals surface area contributed by atoms with E-state index in [1.807, 2.05) is 54.6 Å². The van der Waals surface area contributed by atoms with Crippen molar-refractivity contribution in [2.75, 3.05) is 13.2 Å². The molecule has 0 amide bonds. The van der Waals surface area contributed by atoms with Crippen LogP contribution < -0.4 is 9.47 Å². The zero-order valence-electron chi connectivity index (χ0n) is 36.2. The van der Waals surface area contributed by atoms with Gasteiger partial charge in [-0.3, -0.25) is 0 Å². The van der Waals surface area contributed by atoms with Crippen molar-refractivity contribution in [2.45, 2.75) is 39.5 Å². The largest absolute Gasteiger partial charge is 0.507 e. The van der Waals surface area contributed by atoms with Crippen molar-refractivity contribution in [3.8, 4) is 56.6 Å². The summed E-state index contributed by atoms with van der Waals surface area (Å²) in [5, 5.41) is 28.6. The fourth-order valence-corrected chi connectivity index (χ4v) is 10.4. The molecule has 1 fully saturated rings. The van der Waals surface area contributed by atoms with Crippen LogP contribution in [0.4, 0.5) is 0 Å². The Morgan fingerprint density at radius 3 is 1.38 bits per heavy atom. The van der Waals surface area contributed by atoms with Crippen LogP contribution in [0.25, 0.3) is 77.2 Å². The van der Waals surface area contributed by atoms with Crippen molar-refractivity contribution in [1.82, 2.24) is 9.13 Å². The van der Waals surface area contributed by atoms with E-state index < -0.39 is 0 Å². The first-order chi connectivity index (χ1) is 31.4. The Balaban J connectivity index is 0.850. The molecule has 1 aliphatic carbocycles. The zero-order chi connectivity index (χ0) is 43.3. The average molecular weight is 839 g/mol. The molecular weight excluding hydrogens is 789 g/mol. The van der Waals surface area contributed by atoms with Crippen molar-refractivity contribution in [2.24, 2.45) is 11.8 Å². The summed E-state index contributed by atoms with van der Waals surface area (Å²) in [4.78, 5) is 0. The van der Waals surface area contributed by atoms with Crippen LogP contribution in [0.2, 0.25) is 0 Å². The van der Waals surface area contributed by atoms with Crippen LogP contribution in [0.15, 0.2) is 170 Å². The van der Waals surface area contributed by atoms with Crippen molar-refractivity contribution >= 4 is 43.6 Å². The van der Waals surface area contributed by atoms with E-state index in [1.165, 1.54) is 10.8 Å². The molecule has 1 saturated carbocycles. The quantitative estimate of drug-likeness (QED) is 0.144. The number of phenols is 2. The number of aryl methyl sites for hydroxylation is 2. The number of hydrogen-bond acceptors (Lipinski definition) is 4. The number of ether oxygens (including phenoxy) is 2. The fourth-order valence-electron chi connectivity index (χ4n) is 10.4. The topological polar surface area (TPSA) is 68.8 Å². The monoisotopic (exact) mass is 838 g/mol. The van der Waals surface area contributed by atoms with Crippen molar-refractivity contribution in [3.63, 3.8) is 0 Å². The van der Waals surface area contributed by atoms with Crippen LogP contribution in [0.3, 0.4) is 0 Å². The van der Waals surface area contributed by atoms with E-state index in [-0.39, 0.29) is 23.3 Å². The van der Waals surface area contributed by atoms with Gasteiger partial charge in [0.2, 0.25) is 0 Å². The maximum Gasteiger partial charge on any atom is 0.147 e. The molecule has 0 saturated heterocycles. The van der Waals surface area contributed by atoms with Gasteiger partial charge in [0.1, 0.15) is 23.0 Å². The average Bonchev–Trinajstić information content (AvgIpc) is 3.85. The molecule has 8 aromatic carbocycles. The molecule has 0 aliphatic heterocycles. The highest BCUT2D eigenvalue weighted by atomic mass is 16.5. The number of aromatic hydroxyl groups is 2. The van der Waals surface area contributed by atoms with E-state index in [0.717, 1.165) is 115 Å². The van der Waals surface area contributed by atoms with E-state index in [2.05, 4.69) is 138 Å². The number of rotatable bonds is 10. The molecule has 0 spiro atoms. The van der Waals surface area contributed by atoms with E-state index >= 15 is 0 Å². The summed E-state index contributed by atoms with van der Waals surface area (Å²) in [5.41, 5.74) is 11.3. The lowest BCUT2D eigenvalue weighted by Crippen LogP contribution is -2.30. The van der Waals surface area contributed by atoms with Crippen molar-refractivity contribution in [1.29, 1.82) is 0 Å². The first-order valence-corrected chi connectivity index (χ1v) is 22.5. The van der Waals surface area contributed by atoms with Crippen LogP contribution in [0, 0.1) is 25.7 Å². The van der Waals surface area contributed by atoms with Gasteiger partial charge in [-0.1, -0.05) is 122 Å². The Kier molecular flexibility index (Phi) is 10.1. The third-order valence-electron chi connectivity index (χ3n) is 13.5. The van der Waals surface area contributed by atoms with Crippen LogP contribution in [-0.2, 0) is 0 Å². The summed E-state index contributed by atoms with van der Waals surface area (Å²) < 4.78 is 18.0. The maximum absolute atomic E-state index is 12.2. The number of aromatic nitrogens is 2. The minimum Gasteiger partial charge on any atom is -0.507 e. The second-order valence-electron chi connectivity index (χ2n) is 17.5. The lowest BCUT2D eigenvalue weighted by molar-refractivity contribution is 0.105. The van der Waals surface area contributed by atoms with Gasteiger partial charge in [-0.15, -0.1) is 0 Å². The molecule has 2 atom stereocenters. The fraction of sp³-hybridized carbons (Fsp3) is 0.172. The SMILES string of the molecule is Cc1cc(-c2ccccc2OCC2CCCCC2COc2ccccc2-c2cc(C)c(-n3c4ccccc4c4ccccc43)cc2O)c(O)c(-n2c3ccccc3c3ccccc32)c1. The number of fused-ring (bicyclic) bond motifs is 6. The summed E-state index contributed by atoms with van der Waals surface area (Å²) in [6.45, 7) is 5.29. The second kappa shape index (κ2) is 16.4. The molecule has 6 heteroatoms. The minimum absolute atomic E-state index is 0.211. The summed E-state index contributed by atoms with van der Waals surface area (Å²) in [6, 6.07) is 57.9. The molecule has 6 nitrogen and oxygen atoms in total. The van der Waals surface area contributed by atoms with E-state index in [4.69, 9.17) is 9.47 Å². The normalized spacial score (nSPS) is 15.3. The molecule has 11 rings (SSSR count). The first kappa shape index (κ1) is 39.4. The van der Waals surface area contributed by atoms with Gasteiger partial charge in [0.25, 0.3) is 0 Å². The predicted octanol–water partition coefficient (Wildman–Crippen LogP) is 14.5. The van der Waals surface area contributed by atoms with Gasteiger partial charge in [-0.2, -0.15) is 0 Å². The highest BCUT2D eigenvalue weighted by molar-refractivity contribution is 6.10. The van der Waals surface area contributed by atoms with Gasteiger partial charge in [0.05, 0.1) is 46.7 Å². The van der Waals surface area contributed by atoms with Crippen LogP contribution in [-0.4, -0.2) is 32.6 Å². The van der Waals surface area contributed by atoms with E-state index in [1.54, 1.807) is 0 Å². The summed E-state index contributed by atoms with van der Waals surface area (Å²) >= 11 is 0. The molecular formula is C58H50N2O4. The number of hydrogen-bond donors (Lipinski definition) is 2. The first-order valence-electron chi connectivity index (χ1n) is 22.5. The lowest BCUT2D eigenvalue weighted by atomic mass is 9.80. The van der Waals surface area contributed by atoms with Crippen molar-refractivity contribution < 1.29 is 19.7 Å². The van der Waals surface area contributed by atoms with Crippen molar-refractivity contribution in [3.05, 3.63) is 181 Å². The third kappa shape index (κ3) is 6.81. The molecule has 0 radical (unpaired) electrons. The summed E-state index contributed by atoms with van der Waals surface area (Å²) in [6.07, 6.45) is 4.40. The Labute approximate surface area is 373 Å². The smallest absolute Gasteiger partial charge is 0.147 e. The highest BCUT2D eigenvalue weighted by Crippen LogP contribution is 2.45. The number of para-hydroxylation sites is 6. The summed E-state index contributed by atoms with van der Waals surface area (Å²) in [5.74, 6) is 2.51. The van der Waals surface area contributed by atoms with Crippen LogP contribution >= 0.6 is 0 Å². The lowest BCUT2D eigenvalue weighted by Gasteiger charge is -2.32. The van der Waals surface area contributed by atoms with Gasteiger partial charge in [0, 0.05) is 49.9 Å². The maximum atomic E-state index is 12.2. The van der Waals surface area contributed by atoms with Gasteiger partial charge in [-0.25, -0.2) is 0 Å². The van der Waals surface area contributed by atoms with Gasteiger partial charge in [0.15, 0.2) is 0 Å². The Bertz CT molecular complexity index is 3270. The molecule has 2 heterocycles. The minimum atomic E-state index is 0.211.